The van der Waals surface area contributed by atoms with E-state index in [2.05, 4.69) is 24.1 Å². The fourth-order valence-corrected chi connectivity index (χ4v) is 1.92. The molecule has 0 amide bonds. The van der Waals surface area contributed by atoms with Crippen LogP contribution in [-0.2, 0) is 6.54 Å². The fourth-order valence-electron chi connectivity index (χ4n) is 1.10. The Morgan fingerprint density at radius 2 is 2.25 bits per heavy atom. The largest absolute Gasteiger partial charge is 0.486 e. The molecule has 0 unspecified atom stereocenters. The first-order valence-corrected chi connectivity index (χ1v) is 4.80. The number of aromatic nitrogens is 1. The van der Waals surface area contributed by atoms with Crippen LogP contribution in [0.3, 0.4) is 0 Å². The van der Waals surface area contributed by atoms with Gasteiger partial charge in [-0.1, -0.05) is 25.2 Å². The summed E-state index contributed by atoms with van der Waals surface area (Å²) in [5.74, 6) is 0.437. The molecule has 0 atom stereocenters. The van der Waals surface area contributed by atoms with Gasteiger partial charge >= 0.3 is 0 Å². The van der Waals surface area contributed by atoms with Crippen LogP contribution in [0.2, 0.25) is 0 Å². The Labute approximate surface area is 76.5 Å². The van der Waals surface area contributed by atoms with Crippen LogP contribution in [0.25, 0.3) is 0 Å². The molecule has 0 radical (unpaired) electrons. The summed E-state index contributed by atoms with van der Waals surface area (Å²) in [6, 6.07) is 0. The van der Waals surface area contributed by atoms with Gasteiger partial charge in [-0.2, -0.15) is 0 Å². The summed E-state index contributed by atoms with van der Waals surface area (Å²) >= 11 is 1.37. The van der Waals surface area contributed by atoms with Crippen LogP contribution in [-0.4, -0.2) is 17.1 Å². The minimum absolute atomic E-state index is 0.170. The fraction of sp³-hybridized carbons (Fsp3) is 0.625. The van der Waals surface area contributed by atoms with Crippen LogP contribution in [0.15, 0.2) is 0 Å². The van der Waals surface area contributed by atoms with Crippen molar-refractivity contribution in [3.63, 3.8) is 0 Å². The van der Waals surface area contributed by atoms with Crippen LogP contribution in [0, 0.1) is 0 Å². The summed E-state index contributed by atoms with van der Waals surface area (Å²) < 4.78 is 0. The van der Waals surface area contributed by atoms with Crippen molar-refractivity contribution in [1.82, 2.24) is 10.3 Å². The molecule has 0 aromatic carbocycles. The highest BCUT2D eigenvalue weighted by atomic mass is 32.1. The Hall–Kier alpha value is -0.610. The van der Waals surface area contributed by atoms with Gasteiger partial charge < -0.3 is 10.4 Å². The van der Waals surface area contributed by atoms with Crippen molar-refractivity contribution in [3.8, 4) is 5.19 Å². The summed E-state index contributed by atoms with van der Waals surface area (Å²) in [5, 5.41) is 12.4. The van der Waals surface area contributed by atoms with Gasteiger partial charge in [-0.05, 0) is 13.0 Å². The van der Waals surface area contributed by atoms with Crippen LogP contribution < -0.4 is 5.32 Å². The molecule has 3 nitrogen and oxygen atoms in total. The second kappa shape index (κ2) is 3.87. The second-order valence-corrected chi connectivity index (χ2v) is 4.00. The van der Waals surface area contributed by atoms with Crippen LogP contribution >= 0.6 is 11.3 Å². The highest BCUT2D eigenvalue weighted by molar-refractivity contribution is 7.13. The molecule has 0 saturated carbocycles. The molecule has 0 aliphatic carbocycles. The first kappa shape index (κ1) is 9.48. The maximum Gasteiger partial charge on any atom is 0.271 e. The van der Waals surface area contributed by atoms with E-state index in [-0.39, 0.29) is 5.19 Å². The van der Waals surface area contributed by atoms with Crippen molar-refractivity contribution in [2.24, 2.45) is 0 Å². The zero-order valence-electron chi connectivity index (χ0n) is 7.59. The maximum absolute atomic E-state index is 9.19. The average Bonchev–Trinajstić information content (AvgIpc) is 2.32. The van der Waals surface area contributed by atoms with E-state index >= 15 is 0 Å². The van der Waals surface area contributed by atoms with Gasteiger partial charge in [-0.3, -0.25) is 0 Å². The molecule has 0 saturated heterocycles. The van der Waals surface area contributed by atoms with Gasteiger partial charge in [-0.25, -0.2) is 4.98 Å². The van der Waals surface area contributed by atoms with Gasteiger partial charge in [0.2, 0.25) is 0 Å². The van der Waals surface area contributed by atoms with E-state index in [0.717, 1.165) is 12.2 Å². The lowest BCUT2D eigenvalue weighted by Crippen LogP contribution is -2.07. The quantitative estimate of drug-likeness (QED) is 0.755. The summed E-state index contributed by atoms with van der Waals surface area (Å²) in [7, 11) is 1.88. The van der Waals surface area contributed by atoms with Gasteiger partial charge in [0.05, 0.1) is 5.69 Å². The minimum Gasteiger partial charge on any atom is -0.486 e. The molecular formula is C8H14N2OS. The third-order valence-corrected chi connectivity index (χ3v) is 2.79. The molecule has 0 aliphatic rings. The lowest BCUT2D eigenvalue weighted by atomic mass is 10.1. The molecular weight excluding hydrogens is 172 g/mol. The van der Waals surface area contributed by atoms with Gasteiger partial charge in [0, 0.05) is 11.4 Å². The maximum atomic E-state index is 9.19. The first-order chi connectivity index (χ1) is 5.65. The Morgan fingerprint density at radius 3 is 2.75 bits per heavy atom. The summed E-state index contributed by atoms with van der Waals surface area (Å²) in [4.78, 5) is 5.20. The standard InChI is InChI=1S/C8H14N2OS/c1-5(2)7-6(4-9-3)10-8(11)12-7/h5,9H,4H2,1-3H3,(H,10,11). The van der Waals surface area contributed by atoms with Crippen molar-refractivity contribution >= 4 is 11.3 Å². The number of nitrogens with one attached hydrogen (secondary N) is 1. The zero-order chi connectivity index (χ0) is 9.14. The van der Waals surface area contributed by atoms with Gasteiger partial charge in [-0.15, -0.1) is 0 Å². The van der Waals surface area contributed by atoms with E-state index < -0.39 is 0 Å². The molecule has 4 heteroatoms. The first-order valence-electron chi connectivity index (χ1n) is 3.98. The second-order valence-electron chi connectivity index (χ2n) is 2.99. The molecule has 1 heterocycles. The average molecular weight is 186 g/mol. The highest BCUT2D eigenvalue weighted by Crippen LogP contribution is 2.29. The van der Waals surface area contributed by atoms with Gasteiger partial charge in [0.1, 0.15) is 0 Å². The monoisotopic (exact) mass is 186 g/mol. The Kier molecular flexibility index (Phi) is 3.05. The molecule has 68 valence electrons. The van der Waals surface area contributed by atoms with E-state index in [0.29, 0.717) is 5.92 Å². The molecule has 1 aromatic heterocycles. The molecule has 12 heavy (non-hydrogen) atoms. The third-order valence-electron chi connectivity index (χ3n) is 1.58. The van der Waals surface area contributed by atoms with Gasteiger partial charge in [0.15, 0.2) is 0 Å². The predicted molar refractivity (Wildman–Crippen MR) is 50.6 cm³/mol. The van der Waals surface area contributed by atoms with Crippen molar-refractivity contribution in [2.75, 3.05) is 7.05 Å². The normalized spacial score (nSPS) is 11.0. The van der Waals surface area contributed by atoms with Crippen LogP contribution in [0.1, 0.15) is 30.3 Å². The summed E-state index contributed by atoms with van der Waals surface area (Å²) in [6.45, 7) is 4.93. The van der Waals surface area contributed by atoms with Gasteiger partial charge in [0.25, 0.3) is 5.19 Å². The lowest BCUT2D eigenvalue weighted by molar-refractivity contribution is 0.468. The summed E-state index contributed by atoms with van der Waals surface area (Å²) in [6.07, 6.45) is 0. The number of rotatable bonds is 3. The molecule has 0 bridgehead atoms. The van der Waals surface area contributed by atoms with Crippen LogP contribution in [0.5, 0.6) is 5.19 Å². The Balaban J connectivity index is 2.92. The van der Waals surface area contributed by atoms with E-state index in [9.17, 15) is 5.11 Å². The summed E-state index contributed by atoms with van der Waals surface area (Å²) in [5.41, 5.74) is 0.968. The number of hydrogen-bond acceptors (Lipinski definition) is 4. The van der Waals surface area contributed by atoms with Crippen molar-refractivity contribution in [1.29, 1.82) is 0 Å². The predicted octanol–water partition coefficient (Wildman–Crippen LogP) is 1.69. The number of nitrogens with zero attached hydrogens (tertiary/aromatic N) is 1. The highest BCUT2D eigenvalue weighted by Gasteiger charge is 2.12. The molecule has 0 spiro atoms. The topological polar surface area (TPSA) is 45.2 Å². The van der Waals surface area contributed by atoms with E-state index in [1.807, 2.05) is 7.05 Å². The smallest absolute Gasteiger partial charge is 0.271 e. The van der Waals surface area contributed by atoms with E-state index in [1.165, 1.54) is 16.2 Å². The van der Waals surface area contributed by atoms with Crippen molar-refractivity contribution in [2.45, 2.75) is 26.3 Å². The number of aromatic hydroxyl groups is 1. The van der Waals surface area contributed by atoms with E-state index in [1.54, 1.807) is 0 Å². The lowest BCUT2D eigenvalue weighted by Gasteiger charge is -2.03. The zero-order valence-corrected chi connectivity index (χ0v) is 8.40. The molecule has 0 aliphatic heterocycles. The van der Waals surface area contributed by atoms with Crippen molar-refractivity contribution < 1.29 is 5.11 Å². The Morgan fingerprint density at radius 1 is 1.58 bits per heavy atom. The minimum atomic E-state index is 0.170. The molecule has 0 fully saturated rings. The van der Waals surface area contributed by atoms with Crippen molar-refractivity contribution in [3.05, 3.63) is 10.6 Å². The molecule has 1 rings (SSSR count). The van der Waals surface area contributed by atoms with E-state index in [4.69, 9.17) is 0 Å². The Bertz CT molecular complexity index is 258. The SMILES string of the molecule is CNCc1nc(O)sc1C(C)C. The molecule has 2 N–H and O–H groups in total. The third kappa shape index (κ3) is 1.95. The number of thiazole rings is 1. The number of hydrogen-bond donors (Lipinski definition) is 2. The molecule has 1 aromatic rings. The van der Waals surface area contributed by atoms with Crippen LogP contribution in [0.4, 0.5) is 0 Å².